The van der Waals surface area contributed by atoms with Crippen molar-refractivity contribution in [2.24, 2.45) is 23.7 Å². The Morgan fingerprint density at radius 3 is 2.55 bits per heavy atom. The largest absolute Gasteiger partial charge is 0.332 e. The maximum atomic E-state index is 13.1. The average Bonchev–Trinajstić information content (AvgIpc) is 3.52. The van der Waals surface area contributed by atoms with Crippen LogP contribution in [0.5, 0.6) is 0 Å². The Morgan fingerprint density at radius 1 is 1.10 bits per heavy atom. The molecule has 6 rings (SSSR count). The summed E-state index contributed by atoms with van der Waals surface area (Å²) in [6.45, 7) is 0.515. The number of likely N-dealkylation sites (tertiary alicyclic amines) is 2. The zero-order valence-corrected chi connectivity index (χ0v) is 16.7. The van der Waals surface area contributed by atoms with Gasteiger partial charge in [0.25, 0.3) is 0 Å². The second kappa shape index (κ2) is 6.23. The smallest absolute Gasteiger partial charge is 0.243 e. The van der Waals surface area contributed by atoms with Crippen LogP contribution in [0.15, 0.2) is 36.4 Å². The van der Waals surface area contributed by atoms with E-state index in [1.165, 1.54) is 4.90 Å². The van der Waals surface area contributed by atoms with Gasteiger partial charge in [0, 0.05) is 6.54 Å². The van der Waals surface area contributed by atoms with Gasteiger partial charge in [0.05, 0.1) is 28.1 Å². The summed E-state index contributed by atoms with van der Waals surface area (Å²) < 4.78 is 1.11. The Morgan fingerprint density at radius 2 is 1.83 bits per heavy atom. The van der Waals surface area contributed by atoms with Gasteiger partial charge in [-0.2, -0.15) is 0 Å². The number of benzene rings is 1. The third-order valence-electron chi connectivity index (χ3n) is 7.02. The van der Waals surface area contributed by atoms with Crippen LogP contribution in [-0.2, 0) is 14.4 Å². The van der Waals surface area contributed by atoms with Crippen molar-refractivity contribution in [1.82, 2.24) is 14.8 Å². The highest BCUT2D eigenvalue weighted by molar-refractivity contribution is 7.18. The van der Waals surface area contributed by atoms with Gasteiger partial charge in [-0.05, 0) is 43.2 Å². The molecule has 2 aliphatic heterocycles. The predicted molar refractivity (Wildman–Crippen MR) is 108 cm³/mol. The lowest BCUT2D eigenvalue weighted by Crippen LogP contribution is -2.43. The fraction of sp³-hybridized carbons (Fsp3) is 0.455. The Kier molecular flexibility index (Phi) is 3.72. The third-order valence-corrected chi connectivity index (χ3v) is 8.16. The van der Waals surface area contributed by atoms with Crippen LogP contribution in [0.25, 0.3) is 10.2 Å². The number of hydrogen-bond acceptors (Lipinski definition) is 5. The van der Waals surface area contributed by atoms with Crippen molar-refractivity contribution in [3.05, 3.63) is 41.4 Å². The van der Waals surface area contributed by atoms with Crippen molar-refractivity contribution < 1.29 is 14.4 Å². The number of fused-ring (bicyclic) bond motifs is 6. The highest BCUT2D eigenvalue weighted by Gasteiger charge is 2.59. The average molecular weight is 407 g/mol. The number of amides is 3. The van der Waals surface area contributed by atoms with Crippen molar-refractivity contribution in [3.63, 3.8) is 0 Å². The Labute approximate surface area is 172 Å². The molecule has 148 valence electrons. The van der Waals surface area contributed by atoms with E-state index in [4.69, 9.17) is 4.98 Å². The van der Waals surface area contributed by atoms with Crippen molar-refractivity contribution in [2.45, 2.75) is 25.3 Å². The van der Waals surface area contributed by atoms with Gasteiger partial charge in [-0.3, -0.25) is 19.3 Å². The number of carbonyl (C=O) groups is 3. The maximum Gasteiger partial charge on any atom is 0.243 e. The summed E-state index contributed by atoms with van der Waals surface area (Å²) in [7, 11) is 0. The number of imide groups is 1. The predicted octanol–water partition coefficient (Wildman–Crippen LogP) is 2.77. The highest BCUT2D eigenvalue weighted by Crippen LogP contribution is 2.52. The van der Waals surface area contributed by atoms with E-state index in [1.807, 2.05) is 29.2 Å². The van der Waals surface area contributed by atoms with E-state index >= 15 is 0 Å². The molecule has 6 nitrogen and oxygen atoms in total. The van der Waals surface area contributed by atoms with Crippen LogP contribution in [-0.4, -0.2) is 45.6 Å². The number of carbonyl (C=O) groups excluding carboxylic acids is 3. The molecule has 4 aliphatic rings. The van der Waals surface area contributed by atoms with Gasteiger partial charge in [0.15, 0.2) is 0 Å². The van der Waals surface area contributed by atoms with Gasteiger partial charge in [0.2, 0.25) is 17.7 Å². The minimum atomic E-state index is -0.246. The Bertz CT molecular complexity index is 1010. The summed E-state index contributed by atoms with van der Waals surface area (Å²) in [6.07, 6.45) is 6.83. The molecular weight excluding hydrogens is 386 g/mol. The van der Waals surface area contributed by atoms with Gasteiger partial charge in [-0.25, -0.2) is 4.98 Å². The van der Waals surface area contributed by atoms with Crippen LogP contribution in [0.4, 0.5) is 0 Å². The number of allylic oxidation sites excluding steroid dienone is 2. The summed E-state index contributed by atoms with van der Waals surface area (Å²) in [5, 5.41) is 0.940. The van der Waals surface area contributed by atoms with Crippen LogP contribution < -0.4 is 0 Å². The monoisotopic (exact) mass is 407 g/mol. The minimum absolute atomic E-state index is 0.0648. The molecule has 0 spiro atoms. The van der Waals surface area contributed by atoms with Crippen LogP contribution in [0.2, 0.25) is 0 Å². The van der Waals surface area contributed by atoms with Crippen LogP contribution >= 0.6 is 11.3 Å². The lowest BCUT2D eigenvalue weighted by Gasteiger charge is -2.25. The van der Waals surface area contributed by atoms with Crippen LogP contribution in [0, 0.1) is 23.7 Å². The molecule has 2 saturated heterocycles. The van der Waals surface area contributed by atoms with E-state index < -0.39 is 0 Å². The second-order valence-electron chi connectivity index (χ2n) is 8.53. The number of nitrogens with zero attached hydrogens (tertiary/aromatic N) is 3. The van der Waals surface area contributed by atoms with E-state index in [-0.39, 0.29) is 54.0 Å². The van der Waals surface area contributed by atoms with Crippen molar-refractivity contribution >= 4 is 39.3 Å². The first-order valence-electron chi connectivity index (χ1n) is 10.3. The van der Waals surface area contributed by atoms with E-state index in [1.54, 1.807) is 11.3 Å². The summed E-state index contributed by atoms with van der Waals surface area (Å²) >= 11 is 1.62. The molecule has 5 unspecified atom stereocenters. The van der Waals surface area contributed by atoms with Crippen molar-refractivity contribution in [2.75, 3.05) is 13.1 Å². The number of rotatable bonds is 3. The molecule has 0 N–H and O–H groups in total. The summed E-state index contributed by atoms with van der Waals surface area (Å²) in [6, 6.07) is 7.92. The molecule has 5 atom stereocenters. The summed E-state index contributed by atoms with van der Waals surface area (Å²) in [5.74, 6) is -0.601. The molecule has 2 bridgehead atoms. The maximum absolute atomic E-state index is 13.1. The molecule has 2 aromatic rings. The second-order valence-corrected chi connectivity index (χ2v) is 9.59. The molecule has 3 amide bonds. The first-order valence-corrected chi connectivity index (χ1v) is 11.1. The molecule has 1 saturated carbocycles. The lowest BCUT2D eigenvalue weighted by molar-refractivity contribution is -0.147. The molecule has 1 aromatic carbocycles. The van der Waals surface area contributed by atoms with Gasteiger partial charge < -0.3 is 4.90 Å². The molecule has 3 heterocycles. The van der Waals surface area contributed by atoms with E-state index in [9.17, 15) is 14.4 Å². The van der Waals surface area contributed by atoms with E-state index in [2.05, 4.69) is 12.2 Å². The first kappa shape index (κ1) is 17.3. The molecule has 2 aliphatic carbocycles. The van der Waals surface area contributed by atoms with Gasteiger partial charge >= 0.3 is 0 Å². The summed E-state index contributed by atoms with van der Waals surface area (Å²) in [4.78, 5) is 46.7. The highest BCUT2D eigenvalue weighted by atomic mass is 32.1. The van der Waals surface area contributed by atoms with Gasteiger partial charge in [0.1, 0.15) is 11.6 Å². The van der Waals surface area contributed by atoms with Gasteiger partial charge in [-0.15, -0.1) is 11.3 Å². The Balaban J connectivity index is 1.22. The van der Waals surface area contributed by atoms with Crippen molar-refractivity contribution in [3.8, 4) is 0 Å². The fourth-order valence-electron chi connectivity index (χ4n) is 5.70. The van der Waals surface area contributed by atoms with Crippen LogP contribution in [0.3, 0.4) is 0 Å². The third kappa shape index (κ3) is 2.46. The molecule has 7 heteroatoms. The topological polar surface area (TPSA) is 70.6 Å². The van der Waals surface area contributed by atoms with Crippen molar-refractivity contribution in [1.29, 1.82) is 0 Å². The van der Waals surface area contributed by atoms with Gasteiger partial charge in [-0.1, -0.05) is 24.3 Å². The fourth-order valence-corrected chi connectivity index (χ4v) is 6.82. The first-order chi connectivity index (χ1) is 14.1. The molecular formula is C22H21N3O3S. The normalized spacial score (nSPS) is 32.8. The Hall–Kier alpha value is -2.54. The van der Waals surface area contributed by atoms with E-state index in [0.29, 0.717) is 6.54 Å². The molecule has 3 fully saturated rings. The molecule has 0 radical (unpaired) electrons. The molecule has 29 heavy (non-hydrogen) atoms. The number of aromatic nitrogens is 1. The standard InChI is InChI=1S/C22H21N3O3S/c26-17(11-25-21(27)18-12-7-8-13(10-12)19(18)22(25)28)24-9-3-5-15(24)20-23-14-4-1-2-6-16(14)29-20/h1-2,4,6-8,12-13,15,18-19H,3,5,9-11H2. The summed E-state index contributed by atoms with van der Waals surface area (Å²) in [5.41, 5.74) is 0.951. The zero-order valence-electron chi connectivity index (χ0n) is 15.9. The minimum Gasteiger partial charge on any atom is -0.332 e. The number of thiazole rings is 1. The van der Waals surface area contributed by atoms with Crippen LogP contribution in [0.1, 0.15) is 30.3 Å². The lowest BCUT2D eigenvalue weighted by atomic mass is 9.85. The van der Waals surface area contributed by atoms with E-state index in [0.717, 1.165) is 34.5 Å². The number of para-hydroxylation sites is 1. The SMILES string of the molecule is O=C1C2C3C=CC(C3)C2C(=O)N1CC(=O)N1CCCC1c1nc2ccccc2s1. The molecule has 1 aromatic heterocycles. The zero-order chi connectivity index (χ0) is 19.7. The number of hydrogen-bond donors (Lipinski definition) is 0. The quantitative estimate of drug-likeness (QED) is 0.579.